The van der Waals surface area contributed by atoms with Gasteiger partial charge in [0.05, 0.1) is 11.4 Å². The van der Waals surface area contributed by atoms with Gasteiger partial charge in [-0.2, -0.15) is 0 Å². The van der Waals surface area contributed by atoms with Crippen LogP contribution in [-0.4, -0.2) is 9.55 Å². The van der Waals surface area contributed by atoms with Crippen LogP contribution in [0.3, 0.4) is 0 Å². The molecule has 0 radical (unpaired) electrons. The van der Waals surface area contributed by atoms with E-state index in [-0.39, 0.29) is 0 Å². The van der Waals surface area contributed by atoms with Crippen LogP contribution in [0.15, 0.2) is 108 Å². The van der Waals surface area contributed by atoms with E-state index in [9.17, 15) is 0 Å². The quantitative estimate of drug-likeness (QED) is 0.567. The van der Waals surface area contributed by atoms with Gasteiger partial charge in [-0.15, -0.1) is 0 Å². The predicted molar refractivity (Wildman–Crippen MR) is 119 cm³/mol. The molecule has 0 N–H and O–H groups in total. The van der Waals surface area contributed by atoms with E-state index >= 15 is 0 Å². The van der Waals surface area contributed by atoms with E-state index in [0.29, 0.717) is 5.62 Å². The summed E-state index contributed by atoms with van der Waals surface area (Å²) >= 11 is 0. The minimum Gasteiger partial charge on any atom is -0.278 e. The summed E-state index contributed by atoms with van der Waals surface area (Å²) in [5, 5.41) is 0. The lowest BCUT2D eigenvalue weighted by Gasteiger charge is -2.19. The van der Waals surface area contributed by atoms with E-state index in [1.807, 2.05) is 42.6 Å². The number of aromatic nitrogens is 2. The van der Waals surface area contributed by atoms with Crippen LogP contribution in [-0.2, 0) is 0 Å². The van der Waals surface area contributed by atoms with Crippen molar-refractivity contribution in [2.75, 3.05) is 0 Å². The fourth-order valence-electron chi connectivity index (χ4n) is 3.80. The summed E-state index contributed by atoms with van der Waals surface area (Å²) in [6, 6.07) is 20.4. The van der Waals surface area contributed by atoms with Crippen LogP contribution in [0.1, 0.15) is 24.1 Å². The predicted octanol–water partition coefficient (Wildman–Crippen LogP) is 5.79. The Labute approximate surface area is 170 Å². The molecular weight excluding hydrogens is 354 g/mol. The number of benzene rings is 2. The van der Waals surface area contributed by atoms with Crippen LogP contribution in [0.5, 0.6) is 0 Å². The Morgan fingerprint density at radius 2 is 1.41 bits per heavy atom. The van der Waals surface area contributed by atoms with Crippen LogP contribution < -0.4 is 5.62 Å². The molecule has 0 amide bonds. The van der Waals surface area contributed by atoms with Gasteiger partial charge in [-0.05, 0) is 48.3 Å². The number of rotatable bonds is 4. The monoisotopic (exact) mass is 375 g/mol. The first-order valence-electron chi connectivity index (χ1n) is 9.89. The summed E-state index contributed by atoms with van der Waals surface area (Å²) in [6.07, 6.45) is 16.9. The van der Waals surface area contributed by atoms with Crippen LogP contribution in [0.25, 0.3) is 16.8 Å². The Balaban J connectivity index is 1.83. The maximum Gasteiger partial charge on any atom is 0.235 e. The maximum atomic E-state index is 4.89. The van der Waals surface area contributed by atoms with Gasteiger partial charge in [-0.25, -0.2) is 9.98 Å². The van der Waals surface area contributed by atoms with E-state index in [2.05, 4.69) is 65.3 Å². The summed E-state index contributed by atoms with van der Waals surface area (Å²) in [6.45, 7) is 0. The van der Waals surface area contributed by atoms with Crippen molar-refractivity contribution in [3.8, 4) is 5.69 Å². The Bertz CT molecular complexity index is 1220. The van der Waals surface area contributed by atoms with E-state index in [4.69, 9.17) is 9.98 Å². The van der Waals surface area contributed by atoms with Crippen molar-refractivity contribution in [2.45, 2.75) is 12.8 Å². The number of para-hydroxylation sites is 2. The minimum atomic E-state index is 0.681. The van der Waals surface area contributed by atoms with Crippen molar-refractivity contribution >= 4 is 16.8 Å². The molecule has 0 bridgehead atoms. The standard InChI is InChI=1S/C26H21N3/c1-3-15-22(16-4-1)28-26-27-19-24(20-11-7-8-12-20)25(21-13-9-10-14-21)29(26)23-17-5-2-6-18-23/h1-11,13,15-19H,12,14H2. The number of nitrogens with zero attached hydrogens (tertiary/aromatic N) is 3. The average Bonchev–Trinajstić information content (AvgIpc) is 3.49. The molecule has 5 rings (SSSR count). The molecule has 0 aliphatic heterocycles. The zero-order chi connectivity index (χ0) is 19.5. The van der Waals surface area contributed by atoms with Gasteiger partial charge in [0.15, 0.2) is 0 Å². The lowest BCUT2D eigenvalue weighted by atomic mass is 9.99. The maximum absolute atomic E-state index is 4.89. The first-order valence-corrected chi connectivity index (χ1v) is 9.89. The molecule has 1 aromatic heterocycles. The highest BCUT2D eigenvalue weighted by molar-refractivity contribution is 5.82. The molecule has 2 aliphatic carbocycles. The average molecular weight is 375 g/mol. The van der Waals surface area contributed by atoms with Crippen LogP contribution in [0.4, 0.5) is 5.69 Å². The molecule has 1 heterocycles. The van der Waals surface area contributed by atoms with E-state index < -0.39 is 0 Å². The van der Waals surface area contributed by atoms with Gasteiger partial charge in [0.25, 0.3) is 0 Å². The second-order valence-electron chi connectivity index (χ2n) is 7.09. The Hall–Kier alpha value is -3.72. The highest BCUT2D eigenvalue weighted by Crippen LogP contribution is 2.33. The van der Waals surface area contributed by atoms with Gasteiger partial charge in [0.2, 0.25) is 5.62 Å². The second-order valence-corrected chi connectivity index (χ2v) is 7.09. The number of hydrogen-bond donors (Lipinski definition) is 0. The third-order valence-electron chi connectivity index (χ3n) is 5.18. The Morgan fingerprint density at radius 3 is 2.07 bits per heavy atom. The van der Waals surface area contributed by atoms with Gasteiger partial charge < -0.3 is 0 Å². The van der Waals surface area contributed by atoms with Gasteiger partial charge in [-0.3, -0.25) is 4.57 Å². The zero-order valence-electron chi connectivity index (χ0n) is 16.1. The van der Waals surface area contributed by atoms with Crippen molar-refractivity contribution < 1.29 is 0 Å². The summed E-state index contributed by atoms with van der Waals surface area (Å²) in [5.74, 6) is 0. The summed E-state index contributed by atoms with van der Waals surface area (Å²) in [7, 11) is 0. The van der Waals surface area contributed by atoms with Crippen molar-refractivity contribution in [3.63, 3.8) is 0 Å². The lowest BCUT2D eigenvalue weighted by Crippen LogP contribution is -2.27. The molecule has 0 saturated heterocycles. The van der Waals surface area contributed by atoms with Gasteiger partial charge in [-0.1, -0.05) is 72.9 Å². The zero-order valence-corrected chi connectivity index (χ0v) is 16.1. The first kappa shape index (κ1) is 17.4. The molecule has 0 unspecified atom stereocenters. The van der Waals surface area contributed by atoms with E-state index in [1.54, 1.807) is 0 Å². The van der Waals surface area contributed by atoms with Crippen molar-refractivity contribution in [2.24, 2.45) is 4.99 Å². The van der Waals surface area contributed by atoms with Crippen LogP contribution in [0.2, 0.25) is 0 Å². The molecule has 0 fully saturated rings. The van der Waals surface area contributed by atoms with Crippen LogP contribution >= 0.6 is 0 Å². The van der Waals surface area contributed by atoms with E-state index in [1.165, 1.54) is 22.4 Å². The van der Waals surface area contributed by atoms with Gasteiger partial charge in [0.1, 0.15) is 0 Å². The molecule has 140 valence electrons. The fraction of sp³-hybridized carbons (Fsp3) is 0.0769. The third kappa shape index (κ3) is 3.43. The van der Waals surface area contributed by atoms with Crippen LogP contribution in [0, 0.1) is 0 Å². The third-order valence-corrected chi connectivity index (χ3v) is 5.18. The molecule has 0 saturated carbocycles. The molecular formula is C26H21N3. The Morgan fingerprint density at radius 1 is 0.759 bits per heavy atom. The molecule has 3 nitrogen and oxygen atoms in total. The minimum absolute atomic E-state index is 0.681. The largest absolute Gasteiger partial charge is 0.278 e. The normalized spacial score (nSPS) is 15.7. The summed E-state index contributed by atoms with van der Waals surface area (Å²) in [4.78, 5) is 9.69. The van der Waals surface area contributed by atoms with Gasteiger partial charge >= 0.3 is 0 Å². The van der Waals surface area contributed by atoms with Crippen molar-refractivity contribution in [1.29, 1.82) is 0 Å². The summed E-state index contributed by atoms with van der Waals surface area (Å²) < 4.78 is 2.19. The van der Waals surface area contributed by atoms with Gasteiger partial charge in [0, 0.05) is 17.4 Å². The molecule has 29 heavy (non-hydrogen) atoms. The van der Waals surface area contributed by atoms with E-state index in [0.717, 1.165) is 24.2 Å². The smallest absolute Gasteiger partial charge is 0.235 e. The molecule has 2 aliphatic rings. The number of hydrogen-bond acceptors (Lipinski definition) is 2. The second kappa shape index (κ2) is 7.72. The Kier molecular flexibility index (Phi) is 4.63. The first-order chi connectivity index (χ1) is 14.4. The highest BCUT2D eigenvalue weighted by Gasteiger charge is 2.19. The fourth-order valence-corrected chi connectivity index (χ4v) is 3.80. The lowest BCUT2D eigenvalue weighted by molar-refractivity contribution is 0.851. The van der Waals surface area contributed by atoms with Crippen molar-refractivity contribution in [3.05, 3.63) is 120 Å². The summed E-state index contributed by atoms with van der Waals surface area (Å²) in [5.41, 5.74) is 7.54. The molecule has 0 atom stereocenters. The highest BCUT2D eigenvalue weighted by atomic mass is 15.1. The SMILES string of the molecule is C1=CCC(c2cnc(=Nc3ccccc3)n(-c3ccccc3)c2C2=CC=CC2)=C1. The van der Waals surface area contributed by atoms with Crippen molar-refractivity contribution in [1.82, 2.24) is 9.55 Å². The molecule has 2 aromatic carbocycles. The topological polar surface area (TPSA) is 30.2 Å². The molecule has 3 aromatic rings. The molecule has 0 spiro atoms. The molecule has 3 heteroatoms. The number of allylic oxidation sites excluding steroid dienone is 8.